The number of thiophene rings is 1. The van der Waals surface area contributed by atoms with Crippen LogP contribution in [0.1, 0.15) is 29.5 Å². The monoisotopic (exact) mass is 342 g/mol. The Hall–Kier alpha value is -2.16. The van der Waals surface area contributed by atoms with Crippen LogP contribution < -0.4 is 0 Å². The molecule has 0 aliphatic carbocycles. The first kappa shape index (κ1) is 15.7. The van der Waals surface area contributed by atoms with Crippen LogP contribution in [0.25, 0.3) is 6.08 Å². The van der Waals surface area contributed by atoms with E-state index in [4.69, 9.17) is 0 Å². The van der Waals surface area contributed by atoms with Crippen LogP contribution in [-0.2, 0) is 17.5 Å². The van der Waals surface area contributed by atoms with Gasteiger partial charge in [0.05, 0.1) is 6.04 Å². The van der Waals surface area contributed by atoms with Gasteiger partial charge in [0.15, 0.2) is 5.82 Å². The first-order chi connectivity index (χ1) is 10.9. The Bertz CT molecular complexity index is 736. The Morgan fingerprint density at radius 3 is 2.83 bits per heavy atom. The van der Waals surface area contributed by atoms with E-state index in [9.17, 15) is 18.0 Å². The molecule has 1 atom stereocenters. The Morgan fingerprint density at radius 2 is 2.17 bits per heavy atom. The Balaban J connectivity index is 1.80. The minimum atomic E-state index is -4.55. The first-order valence-corrected chi connectivity index (χ1v) is 7.78. The van der Waals surface area contributed by atoms with Crippen molar-refractivity contribution in [1.29, 1.82) is 0 Å². The SMILES string of the molecule is CC1c2nnc(C(F)(F)F)n2CCN1C(=O)/C=C/c1cccs1. The lowest BCUT2D eigenvalue weighted by molar-refractivity contribution is -0.148. The minimum absolute atomic E-state index is 0.0279. The summed E-state index contributed by atoms with van der Waals surface area (Å²) in [6.07, 6.45) is -1.42. The van der Waals surface area contributed by atoms with Crippen molar-refractivity contribution in [2.75, 3.05) is 6.54 Å². The zero-order valence-corrected chi connectivity index (χ0v) is 12.9. The zero-order valence-electron chi connectivity index (χ0n) is 12.1. The fourth-order valence-corrected chi connectivity index (χ4v) is 3.15. The highest BCUT2D eigenvalue weighted by Crippen LogP contribution is 2.32. The van der Waals surface area contributed by atoms with E-state index < -0.39 is 18.0 Å². The van der Waals surface area contributed by atoms with E-state index in [1.807, 2.05) is 17.5 Å². The molecule has 0 bridgehead atoms. The standard InChI is InChI=1S/C14H13F3N4OS/c1-9-12-18-19-13(14(15,16)17)21(12)7-6-20(9)11(22)5-4-10-3-2-8-23-10/h2-5,8-9H,6-7H2,1H3/b5-4+. The molecule has 0 saturated heterocycles. The molecule has 0 radical (unpaired) electrons. The molecular weight excluding hydrogens is 329 g/mol. The van der Waals surface area contributed by atoms with Crippen LogP contribution in [0.15, 0.2) is 23.6 Å². The van der Waals surface area contributed by atoms with E-state index in [0.717, 1.165) is 9.44 Å². The van der Waals surface area contributed by atoms with Crippen LogP contribution in [-0.4, -0.2) is 32.1 Å². The fourth-order valence-electron chi connectivity index (χ4n) is 2.53. The van der Waals surface area contributed by atoms with Crippen molar-refractivity contribution in [2.24, 2.45) is 0 Å². The van der Waals surface area contributed by atoms with Gasteiger partial charge in [0.2, 0.25) is 11.7 Å². The topological polar surface area (TPSA) is 51.0 Å². The summed E-state index contributed by atoms with van der Waals surface area (Å²) in [6.45, 7) is 1.86. The van der Waals surface area contributed by atoms with Crippen LogP contribution in [0.3, 0.4) is 0 Å². The summed E-state index contributed by atoms with van der Waals surface area (Å²) in [7, 11) is 0. The number of fused-ring (bicyclic) bond motifs is 1. The van der Waals surface area contributed by atoms with Gasteiger partial charge in [-0.25, -0.2) is 0 Å². The summed E-state index contributed by atoms with van der Waals surface area (Å²) in [6, 6.07) is 3.19. The van der Waals surface area contributed by atoms with Crippen molar-refractivity contribution >= 4 is 23.3 Å². The highest BCUT2D eigenvalue weighted by Gasteiger charge is 2.41. The smallest absolute Gasteiger partial charge is 0.327 e. The summed E-state index contributed by atoms with van der Waals surface area (Å²) in [5.41, 5.74) is 0. The van der Waals surface area contributed by atoms with E-state index in [1.54, 1.807) is 13.0 Å². The Kier molecular flexibility index (Phi) is 3.97. The predicted octanol–water partition coefficient (Wildman–Crippen LogP) is 2.98. The fraction of sp³-hybridized carbons (Fsp3) is 0.357. The normalized spacial score (nSPS) is 18.4. The van der Waals surface area contributed by atoms with Gasteiger partial charge < -0.3 is 9.47 Å². The molecule has 3 heterocycles. The highest BCUT2D eigenvalue weighted by atomic mass is 32.1. The van der Waals surface area contributed by atoms with Crippen LogP contribution >= 0.6 is 11.3 Å². The van der Waals surface area contributed by atoms with Gasteiger partial charge in [0.1, 0.15) is 0 Å². The Labute approximate surface area is 134 Å². The number of aromatic nitrogens is 3. The second kappa shape index (κ2) is 5.80. The van der Waals surface area contributed by atoms with Crippen LogP contribution in [0.4, 0.5) is 13.2 Å². The third kappa shape index (κ3) is 3.00. The van der Waals surface area contributed by atoms with Gasteiger partial charge in [-0.05, 0) is 24.4 Å². The van der Waals surface area contributed by atoms with Crippen molar-refractivity contribution in [3.63, 3.8) is 0 Å². The van der Waals surface area contributed by atoms with Crippen molar-refractivity contribution in [3.05, 3.63) is 40.1 Å². The van der Waals surface area contributed by atoms with Gasteiger partial charge in [-0.1, -0.05) is 6.07 Å². The molecule has 0 fully saturated rings. The van der Waals surface area contributed by atoms with E-state index in [2.05, 4.69) is 10.2 Å². The third-order valence-electron chi connectivity index (χ3n) is 3.66. The number of halogens is 3. The number of alkyl halides is 3. The van der Waals surface area contributed by atoms with Crippen molar-refractivity contribution in [2.45, 2.75) is 25.7 Å². The van der Waals surface area contributed by atoms with Gasteiger partial charge in [0, 0.05) is 24.0 Å². The van der Waals surface area contributed by atoms with Crippen LogP contribution in [0.2, 0.25) is 0 Å². The lowest BCUT2D eigenvalue weighted by Crippen LogP contribution is -2.41. The lowest BCUT2D eigenvalue weighted by atomic mass is 10.2. The predicted molar refractivity (Wildman–Crippen MR) is 78.5 cm³/mol. The van der Waals surface area contributed by atoms with Gasteiger partial charge >= 0.3 is 6.18 Å². The molecule has 3 rings (SSSR count). The number of hydrogen-bond acceptors (Lipinski definition) is 4. The maximum atomic E-state index is 12.9. The Morgan fingerprint density at radius 1 is 1.39 bits per heavy atom. The third-order valence-corrected chi connectivity index (χ3v) is 4.49. The number of carbonyl (C=O) groups is 1. The maximum Gasteiger partial charge on any atom is 0.451 e. The molecule has 0 saturated carbocycles. The van der Waals surface area contributed by atoms with Crippen molar-refractivity contribution in [1.82, 2.24) is 19.7 Å². The molecule has 23 heavy (non-hydrogen) atoms. The number of carbonyl (C=O) groups excluding carboxylic acids is 1. The molecule has 2 aromatic heterocycles. The number of rotatable bonds is 2. The van der Waals surface area contributed by atoms with Crippen molar-refractivity contribution in [3.8, 4) is 0 Å². The number of hydrogen-bond donors (Lipinski definition) is 0. The molecule has 1 amide bonds. The summed E-state index contributed by atoms with van der Waals surface area (Å²) >= 11 is 1.50. The molecule has 1 aliphatic rings. The molecule has 1 aliphatic heterocycles. The largest absolute Gasteiger partial charge is 0.451 e. The van der Waals surface area contributed by atoms with Gasteiger partial charge in [0.25, 0.3) is 0 Å². The van der Waals surface area contributed by atoms with E-state index >= 15 is 0 Å². The highest BCUT2D eigenvalue weighted by molar-refractivity contribution is 7.10. The molecule has 0 N–H and O–H groups in total. The zero-order chi connectivity index (χ0) is 16.6. The summed E-state index contributed by atoms with van der Waals surface area (Å²) in [5.74, 6) is -1.12. The second-order valence-corrected chi connectivity index (χ2v) is 6.07. The maximum absolute atomic E-state index is 12.9. The molecule has 1 unspecified atom stereocenters. The molecule has 2 aromatic rings. The number of nitrogens with zero attached hydrogens (tertiary/aromatic N) is 4. The lowest BCUT2D eigenvalue weighted by Gasteiger charge is -2.33. The number of amides is 1. The van der Waals surface area contributed by atoms with E-state index in [0.29, 0.717) is 0 Å². The molecule has 5 nitrogen and oxygen atoms in total. The molecule has 9 heteroatoms. The minimum Gasteiger partial charge on any atom is -0.327 e. The molecule has 0 spiro atoms. The average molecular weight is 342 g/mol. The van der Waals surface area contributed by atoms with Crippen LogP contribution in [0.5, 0.6) is 0 Å². The van der Waals surface area contributed by atoms with Crippen molar-refractivity contribution < 1.29 is 18.0 Å². The van der Waals surface area contributed by atoms with Gasteiger partial charge in [-0.3, -0.25) is 4.79 Å². The van der Waals surface area contributed by atoms with Crippen LogP contribution in [0, 0.1) is 0 Å². The molecular formula is C14H13F3N4OS. The molecule has 122 valence electrons. The van der Waals surface area contributed by atoms with Gasteiger partial charge in [-0.2, -0.15) is 13.2 Å². The first-order valence-electron chi connectivity index (χ1n) is 6.90. The quantitative estimate of drug-likeness (QED) is 0.789. The van der Waals surface area contributed by atoms with E-state index in [-0.39, 0.29) is 24.8 Å². The molecule has 0 aromatic carbocycles. The van der Waals surface area contributed by atoms with E-state index in [1.165, 1.54) is 22.3 Å². The summed E-state index contributed by atoms with van der Waals surface area (Å²) in [5, 5.41) is 8.76. The second-order valence-electron chi connectivity index (χ2n) is 5.09. The average Bonchev–Trinajstić information content (AvgIpc) is 3.14. The summed E-state index contributed by atoms with van der Waals surface area (Å²) in [4.78, 5) is 14.7. The summed E-state index contributed by atoms with van der Waals surface area (Å²) < 4.78 is 39.6. The van der Waals surface area contributed by atoms with Gasteiger partial charge in [-0.15, -0.1) is 21.5 Å².